The number of β-amino-alcohol motifs (C(OH)–C–C–N with tert-alkyl or cyclic N) is 1. The smallest absolute Gasteiger partial charge is 0.406 e. The van der Waals surface area contributed by atoms with Gasteiger partial charge in [-0.25, -0.2) is 8.42 Å². The summed E-state index contributed by atoms with van der Waals surface area (Å²) in [6.07, 6.45) is -5.01. The van der Waals surface area contributed by atoms with Gasteiger partial charge in [0.05, 0.1) is 29.1 Å². The first-order valence-electron chi connectivity index (χ1n) is 12.4. The molecule has 0 saturated carbocycles. The Morgan fingerprint density at radius 2 is 1.90 bits per heavy atom. The number of aliphatic hydroxyl groups excluding tert-OH is 1. The maximum atomic E-state index is 13.7. The number of alkyl halides is 3. The molecule has 2 aromatic rings. The Labute approximate surface area is 250 Å². The van der Waals surface area contributed by atoms with Crippen LogP contribution in [-0.2, 0) is 25.8 Å². The largest absolute Gasteiger partial charge is 0.573 e. The number of aliphatic hydroxyl groups is 1. The van der Waals surface area contributed by atoms with Gasteiger partial charge in [0.15, 0.2) is 9.84 Å². The highest BCUT2D eigenvalue weighted by Gasteiger charge is 2.35. The molecule has 2 N–H and O–H groups in total. The third-order valence-electron chi connectivity index (χ3n) is 6.66. The molecule has 1 saturated heterocycles. The van der Waals surface area contributed by atoms with E-state index in [-0.39, 0.29) is 62.5 Å². The molecule has 15 heteroatoms. The van der Waals surface area contributed by atoms with Crippen molar-refractivity contribution in [2.75, 3.05) is 30.7 Å². The van der Waals surface area contributed by atoms with Crippen LogP contribution in [-0.4, -0.2) is 79.0 Å². The van der Waals surface area contributed by atoms with Crippen molar-refractivity contribution < 1.29 is 41.0 Å². The van der Waals surface area contributed by atoms with E-state index in [1.54, 1.807) is 24.8 Å². The van der Waals surface area contributed by atoms with E-state index in [0.717, 1.165) is 0 Å². The topological polar surface area (TPSA) is 116 Å². The summed E-state index contributed by atoms with van der Waals surface area (Å²) in [4.78, 5) is 29.1. The van der Waals surface area contributed by atoms with Gasteiger partial charge in [0.2, 0.25) is 11.8 Å². The monoisotopic (exact) mass is 637 g/mol. The normalized spacial score (nSPS) is 18.9. The van der Waals surface area contributed by atoms with Gasteiger partial charge in [-0.1, -0.05) is 18.2 Å². The van der Waals surface area contributed by atoms with E-state index < -0.39 is 45.8 Å². The molecule has 228 valence electrons. The summed E-state index contributed by atoms with van der Waals surface area (Å²) >= 11 is 0. The van der Waals surface area contributed by atoms with Crippen molar-refractivity contribution in [3.8, 4) is 5.75 Å². The van der Waals surface area contributed by atoms with E-state index in [1.165, 1.54) is 36.4 Å². The average molecular weight is 638 g/mol. The Morgan fingerprint density at radius 1 is 1.20 bits per heavy atom. The van der Waals surface area contributed by atoms with Gasteiger partial charge in [-0.2, -0.15) is 27.0 Å². The number of nitrogens with one attached hydrogen (secondary N) is 1. The van der Waals surface area contributed by atoms with E-state index in [0.29, 0.717) is 30.6 Å². The zero-order chi connectivity index (χ0) is 28.5. The Morgan fingerprint density at radius 3 is 2.51 bits per heavy atom. The standard InChI is InChI=1S/C26H30F3N3O6S.2H2S/c1-16(2)32(25(35)11-17-6-7-23-21(10-17)30-24(34)15-39(23,36)37)22(14-31-9-8-19(33)13-31)18-4-3-5-20(12-18)38-26(27,28)29;;/h3-7,10,12,16,19,22,33H,8-9,11,13-15H2,1-2H3,(H,30,34);2*1H2/t19-,22+;;/m0../s1. The van der Waals surface area contributed by atoms with Gasteiger partial charge in [-0.3, -0.25) is 14.5 Å². The quantitative estimate of drug-likeness (QED) is 0.457. The van der Waals surface area contributed by atoms with Crippen LogP contribution in [0.25, 0.3) is 0 Å². The Bertz CT molecular complexity index is 1360. The fourth-order valence-electron chi connectivity index (χ4n) is 5.08. The Balaban J connectivity index is 0.00000294. The zero-order valence-corrected chi connectivity index (χ0v) is 25.3. The second kappa shape index (κ2) is 13.7. The van der Waals surface area contributed by atoms with Crippen molar-refractivity contribution in [3.63, 3.8) is 0 Å². The molecule has 2 atom stereocenters. The second-order valence-corrected chi connectivity index (χ2v) is 12.0. The Hall–Kier alpha value is -2.46. The molecule has 0 radical (unpaired) electrons. The lowest BCUT2D eigenvalue weighted by Gasteiger charge is -2.38. The lowest BCUT2D eigenvalue weighted by molar-refractivity contribution is -0.274. The molecule has 2 heterocycles. The number of halogens is 3. The highest BCUT2D eigenvalue weighted by Crippen LogP contribution is 2.32. The minimum Gasteiger partial charge on any atom is -0.406 e. The molecule has 0 aliphatic carbocycles. The predicted octanol–water partition coefficient (Wildman–Crippen LogP) is 3.12. The summed E-state index contributed by atoms with van der Waals surface area (Å²) in [6, 6.07) is 8.78. The molecule has 0 bridgehead atoms. The number of hydrogen-bond donors (Lipinski definition) is 2. The molecule has 0 unspecified atom stereocenters. The van der Waals surface area contributed by atoms with E-state index in [4.69, 9.17) is 0 Å². The van der Waals surface area contributed by atoms with Crippen molar-refractivity contribution >= 4 is 54.3 Å². The number of fused-ring (bicyclic) bond motifs is 1. The number of carbonyl (C=O) groups is 2. The van der Waals surface area contributed by atoms with Gasteiger partial charge in [-0.05, 0) is 55.7 Å². The van der Waals surface area contributed by atoms with Crippen LogP contribution >= 0.6 is 27.0 Å². The molecule has 2 aliphatic heterocycles. The first kappa shape index (κ1) is 34.7. The van der Waals surface area contributed by atoms with Crippen LogP contribution in [0.1, 0.15) is 37.4 Å². The highest BCUT2D eigenvalue weighted by molar-refractivity contribution is 7.92. The number of nitrogens with zero attached hydrogens (tertiary/aromatic N) is 2. The lowest BCUT2D eigenvalue weighted by Crippen LogP contribution is -2.45. The predicted molar refractivity (Wildman–Crippen MR) is 157 cm³/mol. The van der Waals surface area contributed by atoms with E-state index in [1.807, 2.05) is 4.90 Å². The fraction of sp³-hybridized carbons (Fsp3) is 0.462. The molecular formula is C26H34F3N3O6S3. The van der Waals surface area contributed by atoms with Gasteiger partial charge in [-0.15, -0.1) is 13.2 Å². The van der Waals surface area contributed by atoms with Crippen molar-refractivity contribution in [1.82, 2.24) is 9.80 Å². The molecule has 41 heavy (non-hydrogen) atoms. The number of rotatable bonds is 8. The van der Waals surface area contributed by atoms with E-state index >= 15 is 0 Å². The maximum Gasteiger partial charge on any atom is 0.573 e. The fourth-order valence-corrected chi connectivity index (χ4v) is 6.37. The molecular weight excluding hydrogens is 603 g/mol. The average Bonchev–Trinajstić information content (AvgIpc) is 3.21. The summed E-state index contributed by atoms with van der Waals surface area (Å²) in [5, 5.41) is 12.5. The van der Waals surface area contributed by atoms with Crippen LogP contribution in [0.15, 0.2) is 47.4 Å². The molecule has 2 aliphatic rings. The van der Waals surface area contributed by atoms with Crippen LogP contribution < -0.4 is 10.1 Å². The lowest BCUT2D eigenvalue weighted by atomic mass is 10.0. The van der Waals surface area contributed by atoms with Gasteiger partial charge in [0.1, 0.15) is 11.5 Å². The van der Waals surface area contributed by atoms with Gasteiger partial charge in [0, 0.05) is 25.7 Å². The number of carbonyl (C=O) groups excluding carboxylic acids is 2. The molecule has 1 fully saturated rings. The molecule has 2 aromatic carbocycles. The number of hydrogen-bond acceptors (Lipinski definition) is 7. The maximum absolute atomic E-state index is 13.7. The first-order chi connectivity index (χ1) is 18.2. The first-order valence-corrected chi connectivity index (χ1v) is 14.1. The number of sulfone groups is 1. The van der Waals surface area contributed by atoms with Crippen molar-refractivity contribution in [2.24, 2.45) is 0 Å². The zero-order valence-electron chi connectivity index (χ0n) is 22.4. The van der Waals surface area contributed by atoms with Crippen molar-refractivity contribution in [1.29, 1.82) is 0 Å². The van der Waals surface area contributed by atoms with Crippen LogP contribution in [0.5, 0.6) is 5.75 Å². The molecule has 2 amide bonds. The van der Waals surface area contributed by atoms with Gasteiger partial charge >= 0.3 is 6.36 Å². The van der Waals surface area contributed by atoms with Crippen molar-refractivity contribution in [3.05, 3.63) is 53.6 Å². The number of benzene rings is 2. The summed E-state index contributed by atoms with van der Waals surface area (Å²) in [5.74, 6) is -2.07. The van der Waals surface area contributed by atoms with Gasteiger partial charge in [0.25, 0.3) is 0 Å². The molecule has 0 aromatic heterocycles. The second-order valence-electron chi connectivity index (χ2n) is 10.0. The summed E-state index contributed by atoms with van der Waals surface area (Å²) < 4.78 is 67.5. The van der Waals surface area contributed by atoms with Crippen molar-refractivity contribution in [2.45, 2.75) is 56.1 Å². The number of anilines is 1. The summed E-state index contributed by atoms with van der Waals surface area (Å²) in [6.45, 7) is 4.79. The number of amides is 2. The Kier molecular flexibility index (Phi) is 11.6. The van der Waals surface area contributed by atoms with Crippen LogP contribution in [0, 0.1) is 0 Å². The molecule has 0 spiro atoms. The third-order valence-corrected chi connectivity index (χ3v) is 8.33. The van der Waals surface area contributed by atoms with Crippen LogP contribution in [0.2, 0.25) is 0 Å². The minimum atomic E-state index is -4.88. The summed E-state index contributed by atoms with van der Waals surface area (Å²) in [7, 11) is -3.78. The minimum absolute atomic E-state index is 0. The highest BCUT2D eigenvalue weighted by atomic mass is 32.2. The molecule has 4 rings (SSSR count). The summed E-state index contributed by atoms with van der Waals surface area (Å²) in [5.41, 5.74) is 1.00. The van der Waals surface area contributed by atoms with E-state index in [9.17, 15) is 36.3 Å². The third kappa shape index (κ3) is 8.77. The number of likely N-dealkylation sites (tertiary alicyclic amines) is 1. The number of ether oxygens (including phenoxy) is 1. The molecule has 9 nitrogen and oxygen atoms in total. The van der Waals surface area contributed by atoms with Crippen LogP contribution in [0.4, 0.5) is 18.9 Å². The van der Waals surface area contributed by atoms with Gasteiger partial charge < -0.3 is 20.1 Å². The SMILES string of the molecule is CC(C)N(C(=O)Cc1ccc2c(c1)NC(=O)CS2(=O)=O)[C@H](CN1CC[C@H](O)C1)c1cccc(OC(F)(F)F)c1.S.S. The van der Waals surface area contributed by atoms with E-state index in [2.05, 4.69) is 10.1 Å². The van der Waals surface area contributed by atoms with Crippen LogP contribution in [0.3, 0.4) is 0 Å².